The fourth-order valence-electron chi connectivity index (χ4n) is 7.95. The molecule has 1 unspecified atom stereocenters. The number of rotatable bonds is 9. The van der Waals surface area contributed by atoms with Crippen LogP contribution in [0.4, 0.5) is 34.1 Å². The minimum absolute atomic E-state index is 0.519. The molecule has 1 atom stereocenters. The van der Waals surface area contributed by atoms with Gasteiger partial charge in [-0.1, -0.05) is 153 Å². The first-order chi connectivity index (χ1) is 26.7. The molecule has 0 fully saturated rings. The number of anilines is 6. The molecule has 0 aromatic heterocycles. The fraction of sp³-hybridized carbons (Fsp3) is 0.0769. The lowest BCUT2D eigenvalue weighted by Gasteiger charge is -2.31. The molecule has 0 N–H and O–H groups in total. The van der Waals surface area contributed by atoms with Crippen LogP contribution in [0.15, 0.2) is 200 Å². The van der Waals surface area contributed by atoms with Crippen molar-refractivity contribution >= 4 is 66.4 Å². The molecule has 0 aliphatic rings. The fourth-order valence-corrected chi connectivity index (χ4v) is 7.95. The summed E-state index contributed by atoms with van der Waals surface area (Å²) >= 11 is 0. The van der Waals surface area contributed by atoms with E-state index in [-0.39, 0.29) is 0 Å². The molecule has 0 aliphatic carbocycles. The van der Waals surface area contributed by atoms with Gasteiger partial charge in [0, 0.05) is 39.2 Å². The first kappa shape index (κ1) is 33.2. The molecule has 0 heterocycles. The second-order valence-electron chi connectivity index (χ2n) is 14.1. The summed E-state index contributed by atoms with van der Waals surface area (Å²) in [5, 5.41) is 7.35. The Bertz CT molecular complexity index is 2640. The Morgan fingerprint density at radius 1 is 0.389 bits per heavy atom. The molecule has 0 spiro atoms. The predicted molar refractivity (Wildman–Crippen MR) is 232 cm³/mol. The van der Waals surface area contributed by atoms with Crippen LogP contribution >= 0.6 is 0 Å². The zero-order valence-corrected chi connectivity index (χ0v) is 30.7. The summed E-state index contributed by atoms with van der Waals surface area (Å²) in [7, 11) is 0. The highest BCUT2D eigenvalue weighted by molar-refractivity contribution is 6.22. The van der Waals surface area contributed by atoms with Crippen molar-refractivity contribution in [2.24, 2.45) is 0 Å². The minimum atomic E-state index is 0.519. The summed E-state index contributed by atoms with van der Waals surface area (Å²) in [6.07, 6.45) is 1.12. The predicted octanol–water partition coefficient (Wildman–Crippen LogP) is 15.3. The number of hydrogen-bond acceptors (Lipinski definition) is 2. The van der Waals surface area contributed by atoms with Crippen LogP contribution in [0.25, 0.3) is 43.4 Å². The molecule has 9 aromatic carbocycles. The van der Waals surface area contributed by atoms with Gasteiger partial charge < -0.3 is 9.80 Å². The Kier molecular flexibility index (Phi) is 8.86. The lowest BCUT2D eigenvalue weighted by atomic mass is 9.90. The highest BCUT2D eigenvalue weighted by atomic mass is 15.2. The monoisotopic (exact) mass is 694 g/mol. The van der Waals surface area contributed by atoms with E-state index in [9.17, 15) is 0 Å². The molecule has 0 bridgehead atoms. The van der Waals surface area contributed by atoms with Crippen molar-refractivity contribution < 1.29 is 0 Å². The van der Waals surface area contributed by atoms with E-state index < -0.39 is 0 Å². The first-order valence-electron chi connectivity index (χ1n) is 19.0. The van der Waals surface area contributed by atoms with Crippen molar-refractivity contribution in [3.05, 3.63) is 206 Å². The first-order valence-corrected chi connectivity index (χ1v) is 19.0. The molecule has 0 saturated carbocycles. The van der Waals surface area contributed by atoms with E-state index in [1.165, 1.54) is 54.7 Å². The Morgan fingerprint density at radius 2 is 0.833 bits per heavy atom. The Morgan fingerprint density at radius 3 is 1.43 bits per heavy atom. The van der Waals surface area contributed by atoms with Crippen molar-refractivity contribution in [3.8, 4) is 11.1 Å². The molecule has 54 heavy (non-hydrogen) atoms. The smallest absolute Gasteiger partial charge is 0.0618 e. The van der Waals surface area contributed by atoms with Gasteiger partial charge in [0.2, 0.25) is 0 Å². The standard InChI is InChI=1S/C52H42N2/c1-3-37(2)38-26-29-43(30-27-38)53(46-31-28-39-16-10-11-19-41(39)36-46)44-32-34-45(35-33-44)54(42-20-8-5-9-21-42)52-49-24-14-12-22-47(49)51(40-17-6-4-7-18-40)48-23-13-15-25-50(48)52/h4-37H,3H2,1-2H3. The van der Waals surface area contributed by atoms with Gasteiger partial charge >= 0.3 is 0 Å². The third-order valence-corrected chi connectivity index (χ3v) is 10.9. The topological polar surface area (TPSA) is 6.48 Å². The molecular weight excluding hydrogens is 653 g/mol. The summed E-state index contributed by atoms with van der Waals surface area (Å²) in [6.45, 7) is 4.55. The Labute approximate surface area is 318 Å². The van der Waals surface area contributed by atoms with Gasteiger partial charge in [-0.25, -0.2) is 0 Å². The van der Waals surface area contributed by atoms with Crippen LogP contribution in [0.1, 0.15) is 31.7 Å². The van der Waals surface area contributed by atoms with Gasteiger partial charge in [0.15, 0.2) is 0 Å². The van der Waals surface area contributed by atoms with Gasteiger partial charge in [-0.15, -0.1) is 0 Å². The number of fused-ring (bicyclic) bond motifs is 3. The average molecular weight is 695 g/mol. The largest absolute Gasteiger partial charge is 0.310 e. The van der Waals surface area contributed by atoms with Gasteiger partial charge in [-0.05, 0) is 111 Å². The SMILES string of the molecule is CCC(C)c1ccc(N(c2ccc(N(c3ccccc3)c3c4ccccc4c(-c4ccccc4)c4ccccc34)cc2)c2ccc3ccccc3c2)cc1. The molecule has 0 amide bonds. The Hall–Kier alpha value is -6.64. The van der Waals surface area contributed by atoms with Crippen LogP contribution in [0.2, 0.25) is 0 Å². The molecule has 2 nitrogen and oxygen atoms in total. The number of benzene rings is 9. The zero-order chi connectivity index (χ0) is 36.4. The van der Waals surface area contributed by atoms with Crippen LogP contribution in [-0.2, 0) is 0 Å². The second-order valence-corrected chi connectivity index (χ2v) is 14.1. The third-order valence-electron chi connectivity index (χ3n) is 10.9. The minimum Gasteiger partial charge on any atom is -0.310 e. The van der Waals surface area contributed by atoms with Crippen molar-refractivity contribution in [2.45, 2.75) is 26.2 Å². The van der Waals surface area contributed by atoms with Gasteiger partial charge in [-0.2, -0.15) is 0 Å². The van der Waals surface area contributed by atoms with Gasteiger partial charge in [0.1, 0.15) is 0 Å². The summed E-state index contributed by atoms with van der Waals surface area (Å²) in [5.74, 6) is 0.519. The second kappa shape index (κ2) is 14.4. The van der Waals surface area contributed by atoms with Crippen LogP contribution in [-0.4, -0.2) is 0 Å². The van der Waals surface area contributed by atoms with Gasteiger partial charge in [-0.3, -0.25) is 0 Å². The van der Waals surface area contributed by atoms with E-state index in [0.29, 0.717) is 5.92 Å². The van der Waals surface area contributed by atoms with E-state index in [2.05, 4.69) is 224 Å². The van der Waals surface area contributed by atoms with Crippen LogP contribution < -0.4 is 9.80 Å². The van der Waals surface area contributed by atoms with Crippen molar-refractivity contribution in [3.63, 3.8) is 0 Å². The maximum absolute atomic E-state index is 2.44. The van der Waals surface area contributed by atoms with E-state index in [4.69, 9.17) is 0 Å². The highest BCUT2D eigenvalue weighted by Gasteiger charge is 2.23. The molecule has 0 saturated heterocycles. The summed E-state index contributed by atoms with van der Waals surface area (Å²) < 4.78 is 0. The molecule has 9 rings (SSSR count). The van der Waals surface area contributed by atoms with Crippen molar-refractivity contribution in [1.82, 2.24) is 0 Å². The van der Waals surface area contributed by atoms with Crippen molar-refractivity contribution in [1.29, 1.82) is 0 Å². The van der Waals surface area contributed by atoms with Crippen molar-refractivity contribution in [2.75, 3.05) is 9.80 Å². The lowest BCUT2D eigenvalue weighted by molar-refractivity contribution is 0.733. The quantitative estimate of drug-likeness (QED) is 0.139. The molecule has 260 valence electrons. The van der Waals surface area contributed by atoms with Gasteiger partial charge in [0.05, 0.1) is 5.69 Å². The Balaban J connectivity index is 1.23. The molecular formula is C52H42N2. The number of para-hydroxylation sites is 1. The van der Waals surface area contributed by atoms with Crippen LogP contribution in [0, 0.1) is 0 Å². The van der Waals surface area contributed by atoms with E-state index >= 15 is 0 Å². The average Bonchev–Trinajstić information content (AvgIpc) is 3.25. The maximum Gasteiger partial charge on any atom is 0.0618 e. The normalized spacial score (nSPS) is 11.9. The molecule has 9 aromatic rings. The van der Waals surface area contributed by atoms with Gasteiger partial charge in [0.25, 0.3) is 0 Å². The van der Waals surface area contributed by atoms with Crippen LogP contribution in [0.5, 0.6) is 0 Å². The summed E-state index contributed by atoms with van der Waals surface area (Å²) in [6, 6.07) is 72.9. The third kappa shape index (κ3) is 6.06. The number of nitrogens with zero attached hydrogens (tertiary/aromatic N) is 2. The molecule has 0 radical (unpaired) electrons. The highest BCUT2D eigenvalue weighted by Crippen LogP contribution is 2.48. The zero-order valence-electron chi connectivity index (χ0n) is 30.7. The molecule has 2 heteroatoms. The lowest BCUT2D eigenvalue weighted by Crippen LogP contribution is -2.13. The summed E-state index contributed by atoms with van der Waals surface area (Å²) in [4.78, 5) is 4.81. The maximum atomic E-state index is 2.44. The van der Waals surface area contributed by atoms with Crippen LogP contribution in [0.3, 0.4) is 0 Å². The summed E-state index contributed by atoms with van der Waals surface area (Å²) in [5.41, 5.74) is 10.6. The molecule has 0 aliphatic heterocycles. The van der Waals surface area contributed by atoms with E-state index in [1.807, 2.05) is 0 Å². The van der Waals surface area contributed by atoms with E-state index in [0.717, 1.165) is 34.9 Å². The van der Waals surface area contributed by atoms with E-state index in [1.54, 1.807) is 0 Å². The number of hydrogen-bond donors (Lipinski definition) is 0.